The average Bonchev–Trinajstić information content (AvgIpc) is 2.37. The van der Waals surface area contributed by atoms with Crippen LogP contribution < -0.4 is 10.5 Å². The Kier molecular flexibility index (Phi) is 3.07. The number of ether oxygens (including phenoxy) is 1. The van der Waals surface area contributed by atoms with Gasteiger partial charge in [0.05, 0.1) is 7.11 Å². The van der Waals surface area contributed by atoms with Gasteiger partial charge in [0, 0.05) is 12.0 Å². The molecule has 2 rings (SSSR count). The van der Waals surface area contributed by atoms with Crippen molar-refractivity contribution in [3.63, 3.8) is 0 Å². The Labute approximate surface area is 102 Å². The summed E-state index contributed by atoms with van der Waals surface area (Å²) in [6.07, 6.45) is 0. The molecule has 2 aromatic carbocycles. The molecule has 0 saturated heterocycles. The van der Waals surface area contributed by atoms with E-state index in [9.17, 15) is 0 Å². The van der Waals surface area contributed by atoms with E-state index in [4.69, 9.17) is 10.5 Å². The van der Waals surface area contributed by atoms with Crippen LogP contribution in [0.1, 0.15) is 19.4 Å². The van der Waals surface area contributed by atoms with Crippen molar-refractivity contribution in [2.75, 3.05) is 13.7 Å². The van der Waals surface area contributed by atoms with Gasteiger partial charge in [-0.1, -0.05) is 38.1 Å². The minimum atomic E-state index is -0.0219. The van der Waals surface area contributed by atoms with Gasteiger partial charge < -0.3 is 10.5 Å². The van der Waals surface area contributed by atoms with Crippen molar-refractivity contribution in [1.82, 2.24) is 0 Å². The molecule has 2 nitrogen and oxygen atoms in total. The Hall–Kier alpha value is -1.54. The molecule has 0 aliphatic heterocycles. The van der Waals surface area contributed by atoms with E-state index in [0.29, 0.717) is 6.54 Å². The average molecular weight is 229 g/mol. The molecule has 0 amide bonds. The van der Waals surface area contributed by atoms with Crippen molar-refractivity contribution in [3.8, 4) is 5.75 Å². The summed E-state index contributed by atoms with van der Waals surface area (Å²) >= 11 is 0. The van der Waals surface area contributed by atoms with Crippen molar-refractivity contribution in [2.45, 2.75) is 19.3 Å². The second-order valence-electron chi connectivity index (χ2n) is 4.98. The van der Waals surface area contributed by atoms with E-state index in [1.165, 1.54) is 16.3 Å². The van der Waals surface area contributed by atoms with E-state index < -0.39 is 0 Å². The fourth-order valence-corrected chi connectivity index (χ4v) is 2.08. The van der Waals surface area contributed by atoms with Crippen LogP contribution in [0.5, 0.6) is 5.75 Å². The zero-order valence-electron chi connectivity index (χ0n) is 10.7. The minimum absolute atomic E-state index is 0.0219. The SMILES string of the molecule is COc1ccc2cccc(C(C)(C)CN)c2c1. The molecule has 0 unspecified atom stereocenters. The van der Waals surface area contributed by atoms with Crippen LogP contribution in [0.25, 0.3) is 10.8 Å². The van der Waals surface area contributed by atoms with Crippen LogP contribution in [0.2, 0.25) is 0 Å². The molecule has 0 heterocycles. The van der Waals surface area contributed by atoms with Crippen molar-refractivity contribution in [3.05, 3.63) is 42.0 Å². The summed E-state index contributed by atoms with van der Waals surface area (Å²) in [6, 6.07) is 12.5. The third kappa shape index (κ3) is 2.13. The molecule has 2 aromatic rings. The van der Waals surface area contributed by atoms with Gasteiger partial charge >= 0.3 is 0 Å². The van der Waals surface area contributed by atoms with E-state index in [-0.39, 0.29) is 5.41 Å². The van der Waals surface area contributed by atoms with Gasteiger partial charge in [-0.05, 0) is 28.5 Å². The maximum absolute atomic E-state index is 5.87. The van der Waals surface area contributed by atoms with Crippen LogP contribution in [0.4, 0.5) is 0 Å². The van der Waals surface area contributed by atoms with Crippen LogP contribution in [0.3, 0.4) is 0 Å². The zero-order chi connectivity index (χ0) is 12.5. The van der Waals surface area contributed by atoms with Gasteiger partial charge in [0.2, 0.25) is 0 Å². The third-order valence-corrected chi connectivity index (χ3v) is 3.33. The number of benzene rings is 2. The first-order chi connectivity index (χ1) is 8.08. The summed E-state index contributed by atoms with van der Waals surface area (Å²) in [5.74, 6) is 0.887. The highest BCUT2D eigenvalue weighted by Crippen LogP contribution is 2.31. The highest BCUT2D eigenvalue weighted by molar-refractivity contribution is 5.88. The van der Waals surface area contributed by atoms with Gasteiger partial charge in [0.25, 0.3) is 0 Å². The van der Waals surface area contributed by atoms with Crippen LogP contribution in [0, 0.1) is 0 Å². The lowest BCUT2D eigenvalue weighted by molar-refractivity contribution is 0.415. The number of rotatable bonds is 3. The molecule has 90 valence electrons. The molecule has 0 radical (unpaired) electrons. The van der Waals surface area contributed by atoms with Crippen molar-refractivity contribution >= 4 is 10.8 Å². The molecule has 0 spiro atoms. The highest BCUT2D eigenvalue weighted by atomic mass is 16.5. The molecule has 0 bridgehead atoms. The quantitative estimate of drug-likeness (QED) is 0.877. The Morgan fingerprint density at radius 2 is 1.94 bits per heavy atom. The minimum Gasteiger partial charge on any atom is -0.497 e. The van der Waals surface area contributed by atoms with Gasteiger partial charge in [-0.2, -0.15) is 0 Å². The Morgan fingerprint density at radius 3 is 2.59 bits per heavy atom. The van der Waals surface area contributed by atoms with E-state index in [1.807, 2.05) is 6.07 Å². The van der Waals surface area contributed by atoms with E-state index >= 15 is 0 Å². The summed E-state index contributed by atoms with van der Waals surface area (Å²) in [7, 11) is 1.69. The van der Waals surface area contributed by atoms with E-state index in [1.54, 1.807) is 7.11 Å². The Balaban J connectivity index is 2.70. The predicted octanol–water partition coefficient (Wildman–Crippen LogP) is 3.08. The molecule has 0 aliphatic rings. The molecule has 17 heavy (non-hydrogen) atoms. The second-order valence-corrected chi connectivity index (χ2v) is 4.98. The lowest BCUT2D eigenvalue weighted by Gasteiger charge is -2.25. The molecule has 0 atom stereocenters. The highest BCUT2D eigenvalue weighted by Gasteiger charge is 2.20. The van der Waals surface area contributed by atoms with Gasteiger partial charge in [0.1, 0.15) is 5.75 Å². The first-order valence-corrected chi connectivity index (χ1v) is 5.86. The van der Waals surface area contributed by atoms with E-state index in [0.717, 1.165) is 5.75 Å². The Morgan fingerprint density at radius 1 is 1.18 bits per heavy atom. The van der Waals surface area contributed by atoms with Gasteiger partial charge in [-0.25, -0.2) is 0 Å². The molecule has 0 saturated carbocycles. The summed E-state index contributed by atoms with van der Waals surface area (Å²) < 4.78 is 5.29. The van der Waals surface area contributed by atoms with Gasteiger partial charge in [-0.15, -0.1) is 0 Å². The van der Waals surface area contributed by atoms with Crippen molar-refractivity contribution in [2.24, 2.45) is 5.73 Å². The van der Waals surface area contributed by atoms with E-state index in [2.05, 4.69) is 44.2 Å². The second kappa shape index (κ2) is 4.38. The van der Waals surface area contributed by atoms with Crippen LogP contribution in [-0.2, 0) is 5.41 Å². The van der Waals surface area contributed by atoms with Gasteiger partial charge in [-0.3, -0.25) is 0 Å². The maximum atomic E-state index is 5.87. The molecule has 0 aromatic heterocycles. The van der Waals surface area contributed by atoms with Gasteiger partial charge in [0.15, 0.2) is 0 Å². The predicted molar refractivity (Wildman–Crippen MR) is 72.6 cm³/mol. The zero-order valence-corrected chi connectivity index (χ0v) is 10.7. The molecule has 0 aliphatic carbocycles. The topological polar surface area (TPSA) is 35.2 Å². The number of fused-ring (bicyclic) bond motifs is 1. The monoisotopic (exact) mass is 229 g/mol. The normalized spacial score (nSPS) is 11.8. The van der Waals surface area contributed by atoms with Crippen LogP contribution in [-0.4, -0.2) is 13.7 Å². The van der Waals surface area contributed by atoms with Crippen LogP contribution >= 0.6 is 0 Å². The molecule has 2 N–H and O–H groups in total. The maximum Gasteiger partial charge on any atom is 0.119 e. The molecular weight excluding hydrogens is 210 g/mol. The first kappa shape index (κ1) is 11.9. The summed E-state index contributed by atoms with van der Waals surface area (Å²) in [5.41, 5.74) is 7.12. The van der Waals surface area contributed by atoms with Crippen molar-refractivity contribution < 1.29 is 4.74 Å². The fourth-order valence-electron chi connectivity index (χ4n) is 2.08. The summed E-state index contributed by atoms with van der Waals surface area (Å²) in [5, 5.41) is 2.45. The Bertz CT molecular complexity index is 531. The third-order valence-electron chi connectivity index (χ3n) is 3.33. The molecule has 0 fully saturated rings. The first-order valence-electron chi connectivity index (χ1n) is 5.86. The lowest BCUT2D eigenvalue weighted by Crippen LogP contribution is -2.28. The smallest absolute Gasteiger partial charge is 0.119 e. The lowest BCUT2D eigenvalue weighted by atomic mass is 9.82. The molecule has 2 heteroatoms. The van der Waals surface area contributed by atoms with Crippen LogP contribution in [0.15, 0.2) is 36.4 Å². The van der Waals surface area contributed by atoms with Crippen molar-refractivity contribution in [1.29, 1.82) is 0 Å². The molecular formula is C15H19NO. The summed E-state index contributed by atoms with van der Waals surface area (Å²) in [6.45, 7) is 4.96. The number of hydrogen-bond donors (Lipinski definition) is 1. The standard InChI is InChI=1S/C15H19NO/c1-15(2,10-16)14-6-4-5-11-7-8-12(17-3)9-13(11)14/h4-9H,10,16H2,1-3H3. The number of methoxy groups -OCH3 is 1. The fraction of sp³-hybridized carbons (Fsp3) is 0.333. The summed E-state index contributed by atoms with van der Waals surface area (Å²) in [4.78, 5) is 0. The largest absolute Gasteiger partial charge is 0.497 e. The number of hydrogen-bond acceptors (Lipinski definition) is 2. The number of nitrogens with two attached hydrogens (primary N) is 1.